The minimum atomic E-state index is 0.0798. The van der Waals surface area contributed by atoms with Gasteiger partial charge in [0.15, 0.2) is 0 Å². The molecule has 0 fully saturated rings. The monoisotopic (exact) mass is 289 g/mol. The van der Waals surface area contributed by atoms with Crippen LogP contribution in [0.25, 0.3) is 11.3 Å². The summed E-state index contributed by atoms with van der Waals surface area (Å²) in [5.41, 5.74) is 4.92. The van der Waals surface area contributed by atoms with E-state index in [-0.39, 0.29) is 5.91 Å². The summed E-state index contributed by atoms with van der Waals surface area (Å²) < 4.78 is 0. The number of carbonyl (C=O) groups is 1. The lowest BCUT2D eigenvalue weighted by Gasteiger charge is -2.28. The molecule has 2 heterocycles. The second-order valence-electron chi connectivity index (χ2n) is 5.38. The lowest BCUT2D eigenvalue weighted by atomic mass is 9.98. The summed E-state index contributed by atoms with van der Waals surface area (Å²) in [5, 5.41) is 6.90. The van der Waals surface area contributed by atoms with Crippen molar-refractivity contribution in [2.45, 2.75) is 6.42 Å². The van der Waals surface area contributed by atoms with Crippen molar-refractivity contribution in [2.75, 3.05) is 11.4 Å². The molecule has 0 radical (unpaired) electrons. The Kier molecular flexibility index (Phi) is 3.00. The van der Waals surface area contributed by atoms with Gasteiger partial charge in [-0.25, -0.2) is 0 Å². The summed E-state index contributed by atoms with van der Waals surface area (Å²) in [7, 11) is 0. The van der Waals surface area contributed by atoms with Gasteiger partial charge in [0.25, 0.3) is 5.91 Å². The summed E-state index contributed by atoms with van der Waals surface area (Å²) in [6.07, 6.45) is 2.62. The van der Waals surface area contributed by atoms with E-state index in [1.807, 2.05) is 59.5 Å². The van der Waals surface area contributed by atoms with Crippen molar-refractivity contribution in [1.82, 2.24) is 10.2 Å². The van der Waals surface area contributed by atoms with Crippen molar-refractivity contribution < 1.29 is 4.79 Å². The fourth-order valence-electron chi connectivity index (χ4n) is 2.91. The molecule has 1 amide bonds. The first kappa shape index (κ1) is 12.8. The number of anilines is 1. The van der Waals surface area contributed by atoms with E-state index in [0.717, 1.165) is 41.0 Å². The van der Waals surface area contributed by atoms with Gasteiger partial charge in [0.2, 0.25) is 0 Å². The van der Waals surface area contributed by atoms with Crippen LogP contribution in [0.15, 0.2) is 60.8 Å². The molecule has 4 heteroatoms. The molecule has 0 spiro atoms. The highest BCUT2D eigenvalue weighted by atomic mass is 16.2. The van der Waals surface area contributed by atoms with Gasteiger partial charge in [-0.15, -0.1) is 0 Å². The molecule has 22 heavy (non-hydrogen) atoms. The van der Waals surface area contributed by atoms with Gasteiger partial charge in [-0.2, -0.15) is 5.10 Å². The predicted octanol–water partition coefficient (Wildman–Crippen LogP) is 3.28. The molecule has 0 saturated heterocycles. The molecule has 1 N–H and O–H groups in total. The number of nitrogens with one attached hydrogen (secondary N) is 1. The number of nitrogens with zero attached hydrogens (tertiary/aromatic N) is 2. The van der Waals surface area contributed by atoms with E-state index in [9.17, 15) is 4.79 Å². The van der Waals surface area contributed by atoms with Crippen molar-refractivity contribution in [3.63, 3.8) is 0 Å². The molecule has 1 aliphatic heterocycles. The molecular weight excluding hydrogens is 274 g/mol. The number of H-pyrrole nitrogens is 1. The summed E-state index contributed by atoms with van der Waals surface area (Å²) in [6.45, 7) is 0.721. The van der Waals surface area contributed by atoms with Crippen LogP contribution in [0.4, 0.5) is 5.69 Å². The van der Waals surface area contributed by atoms with Gasteiger partial charge in [0, 0.05) is 24.0 Å². The van der Waals surface area contributed by atoms with E-state index in [1.54, 1.807) is 6.20 Å². The van der Waals surface area contributed by atoms with Crippen LogP contribution >= 0.6 is 0 Å². The van der Waals surface area contributed by atoms with Gasteiger partial charge in [-0.3, -0.25) is 9.89 Å². The number of hydrogen-bond donors (Lipinski definition) is 1. The molecular formula is C18H15N3O. The number of aromatic nitrogens is 2. The van der Waals surface area contributed by atoms with E-state index < -0.39 is 0 Å². The highest BCUT2D eigenvalue weighted by Crippen LogP contribution is 2.26. The fourth-order valence-corrected chi connectivity index (χ4v) is 2.91. The minimum Gasteiger partial charge on any atom is -0.308 e. The number of amides is 1. The van der Waals surface area contributed by atoms with Gasteiger partial charge in [-0.05, 0) is 41.8 Å². The van der Waals surface area contributed by atoms with Gasteiger partial charge in [-0.1, -0.05) is 30.3 Å². The number of fused-ring (bicyclic) bond motifs is 1. The lowest BCUT2D eigenvalue weighted by molar-refractivity contribution is 0.0980. The Bertz CT molecular complexity index is 807. The Morgan fingerprint density at radius 1 is 1.00 bits per heavy atom. The Morgan fingerprint density at radius 3 is 2.59 bits per heavy atom. The van der Waals surface area contributed by atoms with E-state index in [1.165, 1.54) is 0 Å². The molecule has 0 aliphatic carbocycles. The largest absolute Gasteiger partial charge is 0.308 e. The molecule has 1 aromatic heterocycles. The smallest absolute Gasteiger partial charge is 0.258 e. The van der Waals surface area contributed by atoms with E-state index in [2.05, 4.69) is 10.2 Å². The first-order valence-electron chi connectivity index (χ1n) is 7.32. The van der Waals surface area contributed by atoms with Gasteiger partial charge < -0.3 is 4.90 Å². The van der Waals surface area contributed by atoms with Crippen LogP contribution in [0.3, 0.4) is 0 Å². The second-order valence-corrected chi connectivity index (χ2v) is 5.38. The normalized spacial score (nSPS) is 14.0. The Hall–Kier alpha value is -2.88. The van der Waals surface area contributed by atoms with Crippen LogP contribution in [0.1, 0.15) is 15.9 Å². The quantitative estimate of drug-likeness (QED) is 0.787. The molecule has 4 rings (SSSR count). The zero-order valence-corrected chi connectivity index (χ0v) is 12.0. The minimum absolute atomic E-state index is 0.0798. The standard InChI is InChI=1S/C18H15N3O/c22-18-16-4-2-1-3-13(16)10-12-21(18)15-7-5-14(6-8-15)17-9-11-19-20-17/h1-9,11H,10,12H2,(H,19,20). The van der Waals surface area contributed by atoms with Crippen LogP contribution in [0, 0.1) is 0 Å². The van der Waals surface area contributed by atoms with Crippen molar-refractivity contribution in [3.05, 3.63) is 71.9 Å². The summed E-state index contributed by atoms with van der Waals surface area (Å²) in [6, 6.07) is 17.8. The average molecular weight is 289 g/mol. The lowest BCUT2D eigenvalue weighted by Crippen LogP contribution is -2.37. The molecule has 0 atom stereocenters. The molecule has 0 saturated carbocycles. The second kappa shape index (κ2) is 5.15. The molecule has 3 aromatic rings. The Morgan fingerprint density at radius 2 is 1.82 bits per heavy atom. The van der Waals surface area contributed by atoms with Crippen LogP contribution in [0.5, 0.6) is 0 Å². The maximum atomic E-state index is 12.6. The van der Waals surface area contributed by atoms with Crippen LogP contribution in [-0.4, -0.2) is 22.6 Å². The molecule has 0 unspecified atom stereocenters. The molecule has 4 nitrogen and oxygen atoms in total. The van der Waals surface area contributed by atoms with E-state index in [0.29, 0.717) is 0 Å². The van der Waals surface area contributed by atoms with E-state index in [4.69, 9.17) is 0 Å². The third-order valence-electron chi connectivity index (χ3n) is 4.09. The number of hydrogen-bond acceptors (Lipinski definition) is 2. The third kappa shape index (κ3) is 2.09. The SMILES string of the molecule is O=C1c2ccccc2CCN1c1ccc(-c2ccn[nH]2)cc1. The van der Waals surface area contributed by atoms with Gasteiger partial charge in [0.05, 0.1) is 5.69 Å². The van der Waals surface area contributed by atoms with Crippen LogP contribution < -0.4 is 4.90 Å². The maximum absolute atomic E-state index is 12.6. The van der Waals surface area contributed by atoms with Crippen LogP contribution in [0.2, 0.25) is 0 Å². The number of aromatic amines is 1. The van der Waals surface area contributed by atoms with Crippen molar-refractivity contribution >= 4 is 11.6 Å². The third-order valence-corrected chi connectivity index (χ3v) is 4.09. The highest BCUT2D eigenvalue weighted by Gasteiger charge is 2.24. The summed E-state index contributed by atoms with van der Waals surface area (Å²) in [4.78, 5) is 14.5. The summed E-state index contributed by atoms with van der Waals surface area (Å²) >= 11 is 0. The number of rotatable bonds is 2. The average Bonchev–Trinajstić information content (AvgIpc) is 3.10. The van der Waals surface area contributed by atoms with Gasteiger partial charge in [0.1, 0.15) is 0 Å². The van der Waals surface area contributed by atoms with Crippen molar-refractivity contribution in [3.8, 4) is 11.3 Å². The zero-order valence-electron chi connectivity index (χ0n) is 12.0. The number of carbonyl (C=O) groups excluding carboxylic acids is 1. The Labute approximate surface area is 128 Å². The first-order chi connectivity index (χ1) is 10.8. The van der Waals surface area contributed by atoms with E-state index >= 15 is 0 Å². The number of benzene rings is 2. The zero-order chi connectivity index (χ0) is 14.9. The molecule has 2 aromatic carbocycles. The fraction of sp³-hybridized carbons (Fsp3) is 0.111. The molecule has 0 bridgehead atoms. The Balaban J connectivity index is 1.64. The first-order valence-corrected chi connectivity index (χ1v) is 7.32. The van der Waals surface area contributed by atoms with Crippen LogP contribution in [-0.2, 0) is 6.42 Å². The predicted molar refractivity (Wildman–Crippen MR) is 85.8 cm³/mol. The molecule has 1 aliphatic rings. The van der Waals surface area contributed by atoms with Gasteiger partial charge >= 0.3 is 0 Å². The topological polar surface area (TPSA) is 49.0 Å². The molecule has 108 valence electrons. The maximum Gasteiger partial charge on any atom is 0.258 e. The highest BCUT2D eigenvalue weighted by molar-refractivity contribution is 6.08. The summed E-state index contributed by atoms with van der Waals surface area (Å²) in [5.74, 6) is 0.0798. The van der Waals surface area contributed by atoms with Crippen molar-refractivity contribution in [2.24, 2.45) is 0 Å². The van der Waals surface area contributed by atoms with Crippen molar-refractivity contribution in [1.29, 1.82) is 0 Å².